The molecule has 0 saturated carbocycles. The fourth-order valence-corrected chi connectivity index (χ4v) is 2.30. The molecule has 1 heterocycles. The second-order valence-electron chi connectivity index (χ2n) is 3.95. The lowest BCUT2D eigenvalue weighted by molar-refractivity contribution is -0.141. The first-order chi connectivity index (χ1) is 9.81. The number of anilines is 2. The average molecular weight is 377 g/mol. The number of aromatic nitrogens is 1. The number of nitrogens with one attached hydrogen (secondary N) is 1. The van der Waals surface area contributed by atoms with E-state index in [1.165, 1.54) is 0 Å². The monoisotopic (exact) mass is 375 g/mol. The Bertz CT molecular complexity index is 726. The zero-order chi connectivity index (χ0) is 15.6. The number of nitrogens with zero attached hydrogens (tertiary/aromatic N) is 2. The van der Waals surface area contributed by atoms with Gasteiger partial charge in [0.15, 0.2) is 0 Å². The highest BCUT2D eigenvalue weighted by atomic mass is 79.9. The van der Waals surface area contributed by atoms with E-state index in [0.717, 1.165) is 12.1 Å². The van der Waals surface area contributed by atoms with Crippen LogP contribution in [0.15, 0.2) is 34.8 Å². The maximum atomic E-state index is 12.7. The lowest BCUT2D eigenvalue weighted by Gasteiger charge is -2.12. The molecule has 1 N–H and O–H groups in total. The summed E-state index contributed by atoms with van der Waals surface area (Å²) in [5, 5.41) is 12.1. The van der Waals surface area contributed by atoms with Crippen molar-refractivity contribution in [1.82, 2.24) is 4.98 Å². The smallest absolute Gasteiger partial charge is 0.338 e. The molecule has 0 fully saturated rings. The second kappa shape index (κ2) is 5.92. The van der Waals surface area contributed by atoms with E-state index in [9.17, 15) is 13.2 Å². The summed E-state index contributed by atoms with van der Waals surface area (Å²) in [6.45, 7) is 0. The average Bonchev–Trinajstić information content (AvgIpc) is 2.41. The molecule has 0 aliphatic carbocycles. The predicted molar refractivity (Wildman–Crippen MR) is 76.4 cm³/mol. The molecule has 0 saturated heterocycles. The number of benzene rings is 1. The third-order valence-corrected chi connectivity index (χ3v) is 3.38. The van der Waals surface area contributed by atoms with Gasteiger partial charge in [-0.05, 0) is 46.3 Å². The minimum absolute atomic E-state index is 0.00449. The van der Waals surface area contributed by atoms with Crippen molar-refractivity contribution >= 4 is 39.0 Å². The van der Waals surface area contributed by atoms with E-state index in [1.54, 1.807) is 24.3 Å². The van der Waals surface area contributed by atoms with Gasteiger partial charge in [-0.15, -0.1) is 0 Å². The first-order valence-electron chi connectivity index (χ1n) is 5.51. The fourth-order valence-electron chi connectivity index (χ4n) is 1.52. The van der Waals surface area contributed by atoms with Crippen LogP contribution >= 0.6 is 27.5 Å². The third-order valence-electron chi connectivity index (χ3n) is 2.49. The molecular weight excluding hydrogens is 371 g/mol. The normalized spacial score (nSPS) is 11.0. The van der Waals surface area contributed by atoms with Gasteiger partial charge in [0.1, 0.15) is 17.6 Å². The Balaban J connectivity index is 2.45. The van der Waals surface area contributed by atoms with Crippen LogP contribution < -0.4 is 5.32 Å². The highest BCUT2D eigenvalue weighted by molar-refractivity contribution is 9.10. The maximum absolute atomic E-state index is 12.7. The Morgan fingerprint density at radius 1 is 1.24 bits per heavy atom. The van der Waals surface area contributed by atoms with Gasteiger partial charge in [0.2, 0.25) is 0 Å². The Morgan fingerprint density at radius 3 is 2.52 bits per heavy atom. The van der Waals surface area contributed by atoms with Crippen molar-refractivity contribution in [1.29, 1.82) is 5.26 Å². The summed E-state index contributed by atoms with van der Waals surface area (Å²) in [6, 6.07) is 8.33. The van der Waals surface area contributed by atoms with Gasteiger partial charge in [0, 0.05) is 9.50 Å². The van der Waals surface area contributed by atoms with Gasteiger partial charge in [-0.25, -0.2) is 4.98 Å². The number of nitriles is 1. The fraction of sp³-hybridized carbons (Fsp3) is 0.0769. The zero-order valence-electron chi connectivity index (χ0n) is 10.2. The summed E-state index contributed by atoms with van der Waals surface area (Å²) in [6.07, 6.45) is -4.58. The number of hydrogen-bond acceptors (Lipinski definition) is 3. The summed E-state index contributed by atoms with van der Waals surface area (Å²) in [5.74, 6) is -0.171. The Kier molecular flexibility index (Phi) is 4.40. The SMILES string of the molecule is N#Cc1ccc(C(F)(F)F)nc1Nc1ccc(Cl)cc1Br. The minimum Gasteiger partial charge on any atom is -0.338 e. The van der Waals surface area contributed by atoms with Crippen molar-refractivity contribution < 1.29 is 13.2 Å². The van der Waals surface area contributed by atoms with E-state index in [2.05, 4.69) is 26.2 Å². The molecule has 0 radical (unpaired) electrons. The number of pyridine rings is 1. The van der Waals surface area contributed by atoms with Crippen LogP contribution in [0.5, 0.6) is 0 Å². The van der Waals surface area contributed by atoms with Crippen LogP contribution in [0.3, 0.4) is 0 Å². The number of rotatable bonds is 2. The summed E-state index contributed by atoms with van der Waals surface area (Å²) >= 11 is 9.02. The van der Waals surface area contributed by atoms with Crippen LogP contribution in [-0.2, 0) is 6.18 Å². The maximum Gasteiger partial charge on any atom is 0.433 e. The first-order valence-corrected chi connectivity index (χ1v) is 6.69. The van der Waals surface area contributed by atoms with Crippen LogP contribution in [0, 0.1) is 11.3 Å². The molecule has 0 aliphatic rings. The molecule has 21 heavy (non-hydrogen) atoms. The summed E-state index contributed by atoms with van der Waals surface area (Å²) in [7, 11) is 0. The van der Waals surface area contributed by atoms with E-state index in [0.29, 0.717) is 15.2 Å². The molecular formula is C13H6BrClF3N3. The molecule has 2 aromatic rings. The van der Waals surface area contributed by atoms with Gasteiger partial charge < -0.3 is 5.32 Å². The molecule has 1 aromatic carbocycles. The molecule has 0 spiro atoms. The summed E-state index contributed by atoms with van der Waals surface area (Å²) < 4.78 is 38.6. The van der Waals surface area contributed by atoms with E-state index in [-0.39, 0.29) is 11.4 Å². The standard InChI is InChI=1S/C13H6BrClF3N3/c14-9-5-8(15)2-3-10(9)20-12-7(6-19)1-4-11(21-12)13(16,17)18/h1-5H,(H,20,21). The molecule has 108 valence electrons. The quantitative estimate of drug-likeness (QED) is 0.790. The molecule has 0 bridgehead atoms. The van der Waals surface area contributed by atoms with Crippen molar-refractivity contribution in [3.05, 3.63) is 51.1 Å². The van der Waals surface area contributed by atoms with Gasteiger partial charge in [-0.1, -0.05) is 11.6 Å². The Morgan fingerprint density at radius 2 is 1.95 bits per heavy atom. The summed E-state index contributed by atoms with van der Waals surface area (Å²) in [5.41, 5.74) is -0.623. The van der Waals surface area contributed by atoms with Gasteiger partial charge >= 0.3 is 6.18 Å². The largest absolute Gasteiger partial charge is 0.433 e. The molecule has 0 amide bonds. The number of alkyl halides is 3. The van der Waals surface area contributed by atoms with Crippen molar-refractivity contribution in [2.75, 3.05) is 5.32 Å². The minimum atomic E-state index is -4.58. The molecule has 0 aliphatic heterocycles. The van der Waals surface area contributed by atoms with Crippen LogP contribution in [0.4, 0.5) is 24.7 Å². The van der Waals surface area contributed by atoms with Crippen LogP contribution in [0.2, 0.25) is 5.02 Å². The zero-order valence-corrected chi connectivity index (χ0v) is 12.5. The molecule has 0 unspecified atom stereocenters. The van der Waals surface area contributed by atoms with Crippen molar-refractivity contribution in [2.24, 2.45) is 0 Å². The lowest BCUT2D eigenvalue weighted by atomic mass is 10.2. The molecule has 2 rings (SSSR count). The van der Waals surface area contributed by atoms with E-state index >= 15 is 0 Å². The Labute approximate surface area is 131 Å². The van der Waals surface area contributed by atoms with Gasteiger partial charge in [0.05, 0.1) is 11.3 Å². The van der Waals surface area contributed by atoms with Gasteiger partial charge in [-0.2, -0.15) is 18.4 Å². The predicted octanol–water partition coefficient (Wildman–Crippen LogP) is 5.13. The van der Waals surface area contributed by atoms with Gasteiger partial charge in [0.25, 0.3) is 0 Å². The van der Waals surface area contributed by atoms with Crippen LogP contribution in [-0.4, -0.2) is 4.98 Å². The highest BCUT2D eigenvalue weighted by Crippen LogP contribution is 2.32. The van der Waals surface area contributed by atoms with Gasteiger partial charge in [-0.3, -0.25) is 0 Å². The summed E-state index contributed by atoms with van der Waals surface area (Å²) in [4.78, 5) is 3.46. The number of halogens is 5. The topological polar surface area (TPSA) is 48.7 Å². The number of hydrogen-bond donors (Lipinski definition) is 1. The van der Waals surface area contributed by atoms with Crippen molar-refractivity contribution in [2.45, 2.75) is 6.18 Å². The van der Waals surface area contributed by atoms with E-state index in [1.807, 2.05) is 0 Å². The van der Waals surface area contributed by atoms with E-state index in [4.69, 9.17) is 16.9 Å². The van der Waals surface area contributed by atoms with Crippen LogP contribution in [0.25, 0.3) is 0 Å². The molecule has 1 aromatic heterocycles. The molecule has 3 nitrogen and oxygen atoms in total. The second-order valence-corrected chi connectivity index (χ2v) is 5.24. The van der Waals surface area contributed by atoms with Crippen molar-refractivity contribution in [3.63, 3.8) is 0 Å². The third kappa shape index (κ3) is 3.65. The lowest BCUT2D eigenvalue weighted by Crippen LogP contribution is -2.10. The Hall–Kier alpha value is -1.78. The highest BCUT2D eigenvalue weighted by Gasteiger charge is 2.33. The molecule has 8 heteroatoms. The van der Waals surface area contributed by atoms with Crippen molar-refractivity contribution in [3.8, 4) is 6.07 Å². The molecule has 0 atom stereocenters. The van der Waals surface area contributed by atoms with Crippen LogP contribution in [0.1, 0.15) is 11.3 Å². The first kappa shape index (κ1) is 15.6. The van der Waals surface area contributed by atoms with E-state index < -0.39 is 11.9 Å².